The van der Waals surface area contributed by atoms with Crippen LogP contribution in [0.2, 0.25) is 0 Å². The molecule has 0 spiro atoms. The first-order valence-corrected chi connectivity index (χ1v) is 5.27. The van der Waals surface area contributed by atoms with Crippen LogP contribution in [0, 0.1) is 0 Å². The maximum atomic E-state index is 4.26. The van der Waals surface area contributed by atoms with Crippen LogP contribution in [0.25, 0.3) is 5.78 Å². The van der Waals surface area contributed by atoms with Crippen LogP contribution in [0.15, 0.2) is 23.1 Å². The summed E-state index contributed by atoms with van der Waals surface area (Å²) in [6.07, 6.45) is 5.64. The molecule has 0 saturated carbocycles. The molecule has 14 heavy (non-hydrogen) atoms. The predicted octanol–water partition coefficient (Wildman–Crippen LogP) is 2.79. The Hall–Kier alpha value is -0.900. The number of imidazole rings is 1. The molecule has 0 aliphatic carbocycles. The van der Waals surface area contributed by atoms with E-state index >= 15 is 0 Å². The molecule has 0 fully saturated rings. The van der Waals surface area contributed by atoms with Crippen molar-refractivity contribution >= 4 is 21.7 Å². The van der Waals surface area contributed by atoms with Crippen molar-refractivity contribution in [3.05, 3.63) is 28.8 Å². The van der Waals surface area contributed by atoms with Crippen molar-refractivity contribution in [3.8, 4) is 0 Å². The van der Waals surface area contributed by atoms with Crippen molar-refractivity contribution in [2.75, 3.05) is 0 Å². The Labute approximate surface area is 91.3 Å². The van der Waals surface area contributed by atoms with Crippen LogP contribution in [0.4, 0.5) is 0 Å². The largest absolute Gasteiger partial charge is 0.286 e. The topological polar surface area (TPSA) is 30.2 Å². The summed E-state index contributed by atoms with van der Waals surface area (Å²) in [5, 5.41) is 0. The van der Waals surface area contributed by atoms with Gasteiger partial charge in [-0.25, -0.2) is 9.97 Å². The van der Waals surface area contributed by atoms with Crippen LogP contribution >= 0.6 is 15.9 Å². The number of hydrogen-bond donors (Lipinski definition) is 0. The second-order valence-electron chi connectivity index (χ2n) is 4.34. The summed E-state index contributed by atoms with van der Waals surface area (Å²) in [7, 11) is 0. The first kappa shape index (κ1) is 9.65. The fourth-order valence-corrected chi connectivity index (χ4v) is 1.71. The molecule has 0 amide bonds. The molecule has 0 radical (unpaired) electrons. The lowest BCUT2D eigenvalue weighted by Gasteiger charge is -2.17. The lowest BCUT2D eigenvalue weighted by Crippen LogP contribution is -2.14. The Balaban J connectivity index is 2.73. The van der Waals surface area contributed by atoms with E-state index in [-0.39, 0.29) is 5.41 Å². The highest BCUT2D eigenvalue weighted by molar-refractivity contribution is 9.10. The molecular weight excluding hydrogens is 242 g/mol. The standard InChI is InChI=1S/C10H12BrN3/c1-10(2,3)8-5-13-9-12-4-7(11)6-14(8)9/h4-6H,1-3H3. The van der Waals surface area contributed by atoms with Crippen molar-refractivity contribution in [3.63, 3.8) is 0 Å². The Kier molecular flexibility index (Phi) is 2.10. The van der Waals surface area contributed by atoms with E-state index in [9.17, 15) is 0 Å². The highest BCUT2D eigenvalue weighted by Gasteiger charge is 2.18. The fraction of sp³-hybridized carbons (Fsp3) is 0.400. The summed E-state index contributed by atoms with van der Waals surface area (Å²) in [5.74, 6) is 0.748. The molecule has 0 N–H and O–H groups in total. The van der Waals surface area contributed by atoms with E-state index in [2.05, 4.69) is 46.7 Å². The van der Waals surface area contributed by atoms with Crippen LogP contribution in [0.1, 0.15) is 26.5 Å². The Morgan fingerprint density at radius 1 is 1.21 bits per heavy atom. The first-order chi connectivity index (χ1) is 6.48. The zero-order valence-corrected chi connectivity index (χ0v) is 10.0. The average Bonchev–Trinajstić information content (AvgIpc) is 2.45. The van der Waals surface area contributed by atoms with Crippen molar-refractivity contribution in [2.45, 2.75) is 26.2 Å². The zero-order valence-electron chi connectivity index (χ0n) is 8.45. The van der Waals surface area contributed by atoms with Crippen LogP contribution in [-0.2, 0) is 5.41 Å². The molecule has 0 unspecified atom stereocenters. The highest BCUT2D eigenvalue weighted by Crippen LogP contribution is 2.23. The molecular formula is C10H12BrN3. The second-order valence-corrected chi connectivity index (χ2v) is 5.25. The highest BCUT2D eigenvalue weighted by atomic mass is 79.9. The van der Waals surface area contributed by atoms with E-state index in [1.807, 2.05) is 16.8 Å². The smallest absolute Gasteiger partial charge is 0.233 e. The van der Waals surface area contributed by atoms with Gasteiger partial charge in [-0.3, -0.25) is 4.40 Å². The van der Waals surface area contributed by atoms with Gasteiger partial charge in [-0.15, -0.1) is 0 Å². The molecule has 2 aromatic heterocycles. The normalized spacial score (nSPS) is 12.3. The molecule has 74 valence electrons. The maximum absolute atomic E-state index is 4.26. The van der Waals surface area contributed by atoms with Gasteiger partial charge in [0.2, 0.25) is 5.78 Å². The van der Waals surface area contributed by atoms with Gasteiger partial charge in [0.05, 0.1) is 10.7 Å². The number of hydrogen-bond acceptors (Lipinski definition) is 2. The van der Waals surface area contributed by atoms with Gasteiger partial charge in [-0.2, -0.15) is 0 Å². The first-order valence-electron chi connectivity index (χ1n) is 4.47. The number of nitrogens with zero attached hydrogens (tertiary/aromatic N) is 3. The molecule has 2 heterocycles. The molecule has 0 saturated heterocycles. The number of halogens is 1. The summed E-state index contributed by atoms with van der Waals surface area (Å²) in [6, 6.07) is 0. The maximum Gasteiger partial charge on any atom is 0.233 e. The van der Waals surface area contributed by atoms with Crippen LogP contribution < -0.4 is 0 Å². The lowest BCUT2D eigenvalue weighted by molar-refractivity contribution is 0.562. The van der Waals surface area contributed by atoms with Gasteiger partial charge in [-0.1, -0.05) is 20.8 Å². The summed E-state index contributed by atoms with van der Waals surface area (Å²) in [4.78, 5) is 8.48. The van der Waals surface area contributed by atoms with E-state index in [1.54, 1.807) is 6.20 Å². The van der Waals surface area contributed by atoms with Gasteiger partial charge < -0.3 is 0 Å². The van der Waals surface area contributed by atoms with E-state index in [0.29, 0.717) is 0 Å². The monoisotopic (exact) mass is 253 g/mol. The predicted molar refractivity (Wildman–Crippen MR) is 59.4 cm³/mol. The van der Waals surface area contributed by atoms with Crippen molar-refractivity contribution in [1.82, 2.24) is 14.4 Å². The van der Waals surface area contributed by atoms with Gasteiger partial charge in [-0.05, 0) is 15.9 Å². The van der Waals surface area contributed by atoms with Crippen LogP contribution in [0.3, 0.4) is 0 Å². The van der Waals surface area contributed by atoms with Gasteiger partial charge >= 0.3 is 0 Å². The van der Waals surface area contributed by atoms with E-state index in [4.69, 9.17) is 0 Å². The third-order valence-electron chi connectivity index (χ3n) is 2.10. The quantitative estimate of drug-likeness (QED) is 0.723. The minimum Gasteiger partial charge on any atom is -0.286 e. The minimum absolute atomic E-state index is 0.0852. The molecule has 2 rings (SSSR count). The van der Waals surface area contributed by atoms with E-state index in [1.165, 1.54) is 5.69 Å². The van der Waals surface area contributed by atoms with Crippen LogP contribution in [0.5, 0.6) is 0 Å². The SMILES string of the molecule is CC(C)(C)c1cnc2ncc(Br)cn12. The van der Waals surface area contributed by atoms with E-state index < -0.39 is 0 Å². The van der Waals surface area contributed by atoms with Crippen molar-refractivity contribution in [1.29, 1.82) is 0 Å². The molecule has 0 atom stereocenters. The molecule has 2 aromatic rings. The average molecular weight is 254 g/mol. The van der Waals surface area contributed by atoms with Gasteiger partial charge in [0.25, 0.3) is 0 Å². The summed E-state index contributed by atoms with van der Waals surface area (Å²) >= 11 is 3.41. The Morgan fingerprint density at radius 3 is 2.50 bits per heavy atom. The van der Waals surface area contributed by atoms with Crippen molar-refractivity contribution < 1.29 is 0 Å². The van der Waals surface area contributed by atoms with Crippen molar-refractivity contribution in [2.24, 2.45) is 0 Å². The van der Waals surface area contributed by atoms with Gasteiger partial charge in [0.1, 0.15) is 0 Å². The minimum atomic E-state index is 0.0852. The van der Waals surface area contributed by atoms with Gasteiger partial charge in [0.15, 0.2) is 0 Å². The van der Waals surface area contributed by atoms with Gasteiger partial charge in [0, 0.05) is 23.5 Å². The molecule has 4 heteroatoms. The summed E-state index contributed by atoms with van der Waals surface area (Å²) < 4.78 is 2.98. The molecule has 0 aromatic carbocycles. The second kappa shape index (κ2) is 3.05. The Bertz CT molecular complexity index is 468. The summed E-state index contributed by atoms with van der Waals surface area (Å²) in [6.45, 7) is 6.49. The molecule has 0 aliphatic rings. The number of aromatic nitrogens is 3. The summed E-state index contributed by atoms with van der Waals surface area (Å²) in [5.41, 5.74) is 1.25. The molecule has 3 nitrogen and oxygen atoms in total. The lowest BCUT2D eigenvalue weighted by atomic mass is 9.93. The fourth-order valence-electron chi connectivity index (χ4n) is 1.40. The third kappa shape index (κ3) is 1.54. The third-order valence-corrected chi connectivity index (χ3v) is 2.51. The number of fused-ring (bicyclic) bond motifs is 1. The van der Waals surface area contributed by atoms with Crippen LogP contribution in [-0.4, -0.2) is 14.4 Å². The molecule has 0 aliphatic heterocycles. The Morgan fingerprint density at radius 2 is 1.86 bits per heavy atom. The number of rotatable bonds is 0. The van der Waals surface area contributed by atoms with E-state index in [0.717, 1.165) is 10.3 Å². The zero-order chi connectivity index (χ0) is 10.3. The molecule has 0 bridgehead atoms.